The van der Waals surface area contributed by atoms with Gasteiger partial charge in [-0.1, -0.05) is 0 Å². The van der Waals surface area contributed by atoms with Gasteiger partial charge in [-0.2, -0.15) is 0 Å². The standard InChI is InChI=1S/C12H15NO3S/c1-3-16-10-6-9(15-2)12-11(13-10)8(4-5-14)7-17-12/h6-7,14H,3-5H2,1-2H3. The first-order chi connectivity index (χ1) is 8.30. The van der Waals surface area contributed by atoms with E-state index in [9.17, 15) is 0 Å². The van der Waals surface area contributed by atoms with E-state index in [0.717, 1.165) is 21.5 Å². The molecule has 0 atom stereocenters. The minimum atomic E-state index is 0.120. The van der Waals surface area contributed by atoms with Crippen LogP contribution < -0.4 is 9.47 Å². The second-order valence-electron chi connectivity index (χ2n) is 3.51. The molecule has 0 saturated carbocycles. The Morgan fingerprint density at radius 1 is 1.47 bits per heavy atom. The zero-order valence-corrected chi connectivity index (χ0v) is 10.7. The summed E-state index contributed by atoms with van der Waals surface area (Å²) in [6.07, 6.45) is 0.603. The number of rotatable bonds is 5. The molecule has 0 fully saturated rings. The van der Waals surface area contributed by atoms with E-state index in [1.54, 1.807) is 24.5 Å². The lowest BCUT2D eigenvalue weighted by Gasteiger charge is -2.06. The highest BCUT2D eigenvalue weighted by atomic mass is 32.1. The van der Waals surface area contributed by atoms with Crippen LogP contribution in [-0.2, 0) is 6.42 Å². The van der Waals surface area contributed by atoms with Crippen molar-refractivity contribution in [2.24, 2.45) is 0 Å². The molecule has 2 rings (SSSR count). The molecule has 2 aromatic heterocycles. The van der Waals surface area contributed by atoms with Crippen molar-refractivity contribution in [3.05, 3.63) is 17.0 Å². The number of hydrogen-bond acceptors (Lipinski definition) is 5. The van der Waals surface area contributed by atoms with Gasteiger partial charge in [0.2, 0.25) is 5.88 Å². The number of methoxy groups -OCH3 is 1. The molecule has 5 heteroatoms. The molecule has 92 valence electrons. The highest BCUT2D eigenvalue weighted by Gasteiger charge is 2.12. The third-order valence-electron chi connectivity index (χ3n) is 2.43. The highest BCUT2D eigenvalue weighted by molar-refractivity contribution is 7.17. The maximum Gasteiger partial charge on any atom is 0.217 e. The van der Waals surface area contributed by atoms with Crippen molar-refractivity contribution >= 4 is 21.6 Å². The molecule has 0 aromatic carbocycles. The van der Waals surface area contributed by atoms with Crippen molar-refractivity contribution in [1.82, 2.24) is 4.98 Å². The van der Waals surface area contributed by atoms with E-state index >= 15 is 0 Å². The summed E-state index contributed by atoms with van der Waals surface area (Å²) < 4.78 is 11.7. The van der Waals surface area contributed by atoms with Crippen LogP contribution >= 0.6 is 11.3 Å². The molecule has 0 aliphatic rings. The van der Waals surface area contributed by atoms with Gasteiger partial charge in [-0.3, -0.25) is 0 Å². The molecule has 0 aliphatic heterocycles. The average Bonchev–Trinajstić information content (AvgIpc) is 2.73. The Bertz CT molecular complexity index is 510. The molecule has 0 radical (unpaired) electrons. The van der Waals surface area contributed by atoms with E-state index in [1.807, 2.05) is 12.3 Å². The smallest absolute Gasteiger partial charge is 0.217 e. The Balaban J connectivity index is 2.55. The van der Waals surface area contributed by atoms with Crippen molar-refractivity contribution in [1.29, 1.82) is 0 Å². The van der Waals surface area contributed by atoms with Crippen LogP contribution in [0.25, 0.3) is 10.2 Å². The summed E-state index contributed by atoms with van der Waals surface area (Å²) >= 11 is 1.58. The van der Waals surface area contributed by atoms with Crippen molar-refractivity contribution in [2.45, 2.75) is 13.3 Å². The van der Waals surface area contributed by atoms with Crippen LogP contribution in [0.1, 0.15) is 12.5 Å². The number of nitrogens with zero attached hydrogens (tertiary/aromatic N) is 1. The van der Waals surface area contributed by atoms with Crippen molar-refractivity contribution in [2.75, 3.05) is 20.3 Å². The maximum absolute atomic E-state index is 9.01. The minimum absolute atomic E-state index is 0.120. The van der Waals surface area contributed by atoms with Crippen LogP contribution in [0.2, 0.25) is 0 Å². The van der Waals surface area contributed by atoms with Crippen molar-refractivity contribution in [3.63, 3.8) is 0 Å². The van der Waals surface area contributed by atoms with Crippen LogP contribution in [0.15, 0.2) is 11.4 Å². The van der Waals surface area contributed by atoms with E-state index in [2.05, 4.69) is 4.98 Å². The zero-order chi connectivity index (χ0) is 12.3. The Kier molecular flexibility index (Phi) is 3.81. The molecule has 17 heavy (non-hydrogen) atoms. The zero-order valence-electron chi connectivity index (χ0n) is 9.90. The van der Waals surface area contributed by atoms with Gasteiger partial charge in [-0.15, -0.1) is 11.3 Å². The molecule has 0 unspecified atom stereocenters. The fourth-order valence-electron chi connectivity index (χ4n) is 1.68. The first-order valence-electron chi connectivity index (χ1n) is 5.49. The monoisotopic (exact) mass is 253 g/mol. The summed E-state index contributed by atoms with van der Waals surface area (Å²) in [5.41, 5.74) is 1.90. The Morgan fingerprint density at radius 3 is 2.94 bits per heavy atom. The third kappa shape index (κ3) is 2.35. The predicted molar refractivity (Wildman–Crippen MR) is 68.1 cm³/mol. The normalized spacial score (nSPS) is 10.8. The van der Waals surface area contributed by atoms with Crippen LogP contribution in [0.5, 0.6) is 11.6 Å². The maximum atomic E-state index is 9.01. The molecule has 2 heterocycles. The number of aromatic nitrogens is 1. The summed E-state index contributed by atoms with van der Waals surface area (Å²) in [6, 6.07) is 1.80. The van der Waals surface area contributed by atoms with Crippen LogP contribution in [-0.4, -0.2) is 30.4 Å². The lowest BCUT2D eigenvalue weighted by molar-refractivity contribution is 0.300. The molecular formula is C12H15NO3S. The van der Waals surface area contributed by atoms with Crippen LogP contribution in [0.3, 0.4) is 0 Å². The lowest BCUT2D eigenvalue weighted by Crippen LogP contribution is -1.97. The highest BCUT2D eigenvalue weighted by Crippen LogP contribution is 2.35. The quantitative estimate of drug-likeness (QED) is 0.888. The second kappa shape index (κ2) is 5.33. The summed E-state index contributed by atoms with van der Waals surface area (Å²) in [7, 11) is 1.63. The van der Waals surface area contributed by atoms with Crippen molar-refractivity contribution < 1.29 is 14.6 Å². The summed E-state index contributed by atoms with van der Waals surface area (Å²) in [5.74, 6) is 1.34. The summed E-state index contributed by atoms with van der Waals surface area (Å²) in [4.78, 5) is 4.45. The van der Waals surface area contributed by atoms with Gasteiger partial charge in [0.15, 0.2) is 0 Å². The topological polar surface area (TPSA) is 51.6 Å². The van der Waals surface area contributed by atoms with Gasteiger partial charge in [0, 0.05) is 12.7 Å². The van der Waals surface area contributed by atoms with E-state index in [4.69, 9.17) is 14.6 Å². The number of aliphatic hydroxyl groups is 1. The number of aliphatic hydroxyl groups excluding tert-OH is 1. The average molecular weight is 253 g/mol. The lowest BCUT2D eigenvalue weighted by atomic mass is 10.2. The Hall–Kier alpha value is -1.33. The van der Waals surface area contributed by atoms with Gasteiger partial charge in [-0.05, 0) is 24.3 Å². The van der Waals surface area contributed by atoms with Crippen molar-refractivity contribution in [3.8, 4) is 11.6 Å². The first kappa shape index (κ1) is 12.1. The largest absolute Gasteiger partial charge is 0.495 e. The predicted octanol–water partition coefficient (Wildman–Crippen LogP) is 2.24. The fraction of sp³-hybridized carbons (Fsp3) is 0.417. The SMILES string of the molecule is CCOc1cc(OC)c2scc(CCO)c2n1. The molecule has 0 aliphatic carbocycles. The van der Waals surface area contributed by atoms with Gasteiger partial charge in [-0.25, -0.2) is 4.98 Å². The number of fused-ring (bicyclic) bond motifs is 1. The number of pyridine rings is 1. The molecular weight excluding hydrogens is 238 g/mol. The van der Waals surface area contributed by atoms with Gasteiger partial charge >= 0.3 is 0 Å². The van der Waals surface area contributed by atoms with E-state index in [1.165, 1.54) is 0 Å². The van der Waals surface area contributed by atoms with Crippen LogP contribution in [0.4, 0.5) is 0 Å². The number of hydrogen-bond donors (Lipinski definition) is 1. The molecule has 0 saturated heterocycles. The molecule has 1 N–H and O–H groups in total. The Morgan fingerprint density at radius 2 is 2.29 bits per heavy atom. The second-order valence-corrected chi connectivity index (χ2v) is 4.39. The van der Waals surface area contributed by atoms with Gasteiger partial charge in [0.25, 0.3) is 0 Å². The molecule has 2 aromatic rings. The van der Waals surface area contributed by atoms with Gasteiger partial charge in [0.1, 0.15) is 5.75 Å². The van der Waals surface area contributed by atoms with Crippen LogP contribution in [0, 0.1) is 0 Å². The first-order valence-corrected chi connectivity index (χ1v) is 6.36. The summed E-state index contributed by atoms with van der Waals surface area (Å²) in [5, 5.41) is 11.0. The van der Waals surface area contributed by atoms with E-state index in [0.29, 0.717) is 18.9 Å². The minimum Gasteiger partial charge on any atom is -0.495 e. The number of thiophene rings is 1. The van der Waals surface area contributed by atoms with E-state index in [-0.39, 0.29) is 6.61 Å². The molecule has 4 nitrogen and oxygen atoms in total. The molecule has 0 amide bonds. The van der Waals surface area contributed by atoms with Gasteiger partial charge in [0.05, 0.1) is 23.9 Å². The van der Waals surface area contributed by atoms with E-state index < -0.39 is 0 Å². The molecule has 0 bridgehead atoms. The Labute approximate surface area is 104 Å². The third-order valence-corrected chi connectivity index (χ3v) is 3.46. The summed E-state index contributed by atoms with van der Waals surface area (Å²) in [6.45, 7) is 2.61. The van der Waals surface area contributed by atoms with Gasteiger partial charge < -0.3 is 14.6 Å². The fourth-order valence-corrected chi connectivity index (χ4v) is 2.71. The molecule has 0 spiro atoms. The number of ether oxygens (including phenoxy) is 2.